The monoisotopic (exact) mass is 218 g/mol. The Hall–Kier alpha value is -0.915. The Labute approximate surface area is 81.4 Å². The van der Waals surface area contributed by atoms with Crippen LogP contribution in [0, 0.1) is 6.92 Å². The van der Waals surface area contributed by atoms with Crippen LogP contribution in [0.5, 0.6) is 0 Å². The molecule has 0 radical (unpaired) electrons. The molecule has 4 nitrogen and oxygen atoms in total. The third-order valence-electron chi connectivity index (χ3n) is 1.77. The molecular weight excluding hydrogens is 210 g/mol. The summed E-state index contributed by atoms with van der Waals surface area (Å²) >= 11 is 0. The molecule has 0 aliphatic rings. The van der Waals surface area contributed by atoms with Crippen molar-refractivity contribution in [1.82, 2.24) is 0 Å². The molecule has 0 amide bonds. The van der Waals surface area contributed by atoms with Gasteiger partial charge in [0.1, 0.15) is 4.90 Å². The van der Waals surface area contributed by atoms with E-state index in [9.17, 15) is 12.3 Å². The maximum atomic E-state index is 12.6. The van der Waals surface area contributed by atoms with E-state index in [0.29, 0.717) is 0 Å². The molecule has 0 aromatic heterocycles. The van der Waals surface area contributed by atoms with Crippen molar-refractivity contribution in [3.05, 3.63) is 23.8 Å². The number of benzene rings is 1. The summed E-state index contributed by atoms with van der Waals surface area (Å²) in [6.07, 6.45) is 0. The zero-order chi connectivity index (χ0) is 10.9. The van der Waals surface area contributed by atoms with E-state index in [1.165, 1.54) is 19.1 Å². The lowest BCUT2D eigenvalue weighted by atomic mass is 9.80. The van der Waals surface area contributed by atoms with Crippen LogP contribution in [0.1, 0.15) is 5.56 Å². The predicted molar refractivity (Wildman–Crippen MR) is 49.3 cm³/mol. The molecule has 0 spiro atoms. The van der Waals surface area contributed by atoms with Gasteiger partial charge in [-0.2, -0.15) is 8.42 Å². The summed E-state index contributed by atoms with van der Waals surface area (Å²) in [6, 6.07) is 3.52. The fraction of sp³-hybridized carbons (Fsp3) is 0.143. The molecule has 0 unspecified atom stereocenters. The van der Waals surface area contributed by atoms with Crippen LogP contribution in [0.4, 0.5) is 3.89 Å². The van der Waals surface area contributed by atoms with Gasteiger partial charge in [-0.1, -0.05) is 12.1 Å². The molecule has 0 fully saturated rings. The molecule has 0 saturated heterocycles. The van der Waals surface area contributed by atoms with Gasteiger partial charge < -0.3 is 10.0 Å². The largest absolute Gasteiger partial charge is 0.488 e. The molecule has 14 heavy (non-hydrogen) atoms. The minimum atomic E-state index is -4.81. The van der Waals surface area contributed by atoms with E-state index in [4.69, 9.17) is 10.0 Å². The van der Waals surface area contributed by atoms with Gasteiger partial charge in [0.25, 0.3) is 0 Å². The lowest BCUT2D eigenvalue weighted by Crippen LogP contribution is -2.30. The highest BCUT2D eigenvalue weighted by Crippen LogP contribution is 2.15. The van der Waals surface area contributed by atoms with Crippen LogP contribution >= 0.6 is 0 Å². The average molecular weight is 218 g/mol. The number of aryl methyl sites for hydroxylation is 1. The normalized spacial score (nSPS) is 11.4. The minimum Gasteiger partial charge on any atom is -0.423 e. The number of rotatable bonds is 2. The third-order valence-corrected chi connectivity index (χ3v) is 2.74. The van der Waals surface area contributed by atoms with Crippen molar-refractivity contribution in [2.24, 2.45) is 0 Å². The first-order valence-electron chi connectivity index (χ1n) is 3.73. The van der Waals surface area contributed by atoms with Crippen LogP contribution in [0.15, 0.2) is 23.1 Å². The van der Waals surface area contributed by atoms with E-state index in [1.807, 2.05) is 0 Å². The van der Waals surface area contributed by atoms with Crippen LogP contribution < -0.4 is 5.46 Å². The van der Waals surface area contributed by atoms with Gasteiger partial charge in [0.05, 0.1) is 0 Å². The smallest absolute Gasteiger partial charge is 0.423 e. The number of halogens is 1. The van der Waals surface area contributed by atoms with Crippen LogP contribution in [0.2, 0.25) is 0 Å². The molecule has 0 bridgehead atoms. The average Bonchev–Trinajstić information content (AvgIpc) is 2.02. The molecule has 0 saturated carbocycles. The van der Waals surface area contributed by atoms with E-state index in [-0.39, 0.29) is 11.0 Å². The van der Waals surface area contributed by atoms with Gasteiger partial charge >= 0.3 is 17.3 Å². The van der Waals surface area contributed by atoms with Crippen LogP contribution in [0.25, 0.3) is 0 Å². The molecule has 1 rings (SSSR count). The Kier molecular flexibility index (Phi) is 2.93. The molecule has 76 valence electrons. The highest BCUT2D eigenvalue weighted by Gasteiger charge is 2.19. The highest BCUT2D eigenvalue weighted by molar-refractivity contribution is 7.86. The second-order valence-corrected chi connectivity index (χ2v) is 4.15. The molecule has 2 N–H and O–H groups in total. The van der Waals surface area contributed by atoms with Crippen molar-refractivity contribution < 1.29 is 22.4 Å². The van der Waals surface area contributed by atoms with Crippen LogP contribution in [-0.4, -0.2) is 25.6 Å². The Bertz CT molecular complexity index is 443. The van der Waals surface area contributed by atoms with E-state index < -0.39 is 22.2 Å². The first-order valence-corrected chi connectivity index (χ1v) is 5.12. The zero-order valence-corrected chi connectivity index (χ0v) is 8.12. The molecule has 0 aliphatic carbocycles. The van der Waals surface area contributed by atoms with Gasteiger partial charge in [0.2, 0.25) is 0 Å². The van der Waals surface area contributed by atoms with Gasteiger partial charge in [-0.15, -0.1) is 3.89 Å². The topological polar surface area (TPSA) is 74.6 Å². The number of hydrogen-bond donors (Lipinski definition) is 2. The van der Waals surface area contributed by atoms with Crippen LogP contribution in [-0.2, 0) is 10.2 Å². The van der Waals surface area contributed by atoms with Gasteiger partial charge in [0, 0.05) is 0 Å². The Morgan fingerprint density at radius 3 is 2.36 bits per heavy atom. The van der Waals surface area contributed by atoms with Crippen molar-refractivity contribution >= 4 is 22.8 Å². The Morgan fingerprint density at radius 1 is 1.36 bits per heavy atom. The first-order chi connectivity index (χ1) is 6.32. The summed E-state index contributed by atoms with van der Waals surface area (Å²) in [5.74, 6) is 0. The SMILES string of the molecule is Cc1ccc(B(O)O)cc1S(=O)(=O)F. The molecule has 0 aliphatic heterocycles. The molecule has 1 aromatic carbocycles. The fourth-order valence-corrected chi connectivity index (χ4v) is 1.77. The molecule has 0 atom stereocenters. The van der Waals surface area contributed by atoms with Crippen molar-refractivity contribution in [2.45, 2.75) is 11.8 Å². The van der Waals surface area contributed by atoms with Crippen LogP contribution in [0.3, 0.4) is 0 Å². The second kappa shape index (κ2) is 3.68. The summed E-state index contributed by atoms with van der Waals surface area (Å²) in [5, 5.41) is 17.5. The summed E-state index contributed by atoms with van der Waals surface area (Å²) in [6.45, 7) is 1.42. The van der Waals surface area contributed by atoms with Crippen molar-refractivity contribution in [3.8, 4) is 0 Å². The van der Waals surface area contributed by atoms with Crippen molar-refractivity contribution in [2.75, 3.05) is 0 Å². The third kappa shape index (κ3) is 2.31. The van der Waals surface area contributed by atoms with E-state index in [2.05, 4.69) is 0 Å². The van der Waals surface area contributed by atoms with Gasteiger partial charge in [-0.25, -0.2) is 0 Å². The quantitative estimate of drug-likeness (QED) is 0.510. The second-order valence-electron chi connectivity index (χ2n) is 2.84. The minimum absolute atomic E-state index is 0.0631. The summed E-state index contributed by atoms with van der Waals surface area (Å²) in [4.78, 5) is -0.539. The Morgan fingerprint density at radius 2 is 1.93 bits per heavy atom. The molecule has 7 heteroatoms. The maximum absolute atomic E-state index is 12.6. The van der Waals surface area contributed by atoms with Gasteiger partial charge in [-0.05, 0) is 24.0 Å². The van der Waals surface area contributed by atoms with Crippen molar-refractivity contribution in [3.63, 3.8) is 0 Å². The van der Waals surface area contributed by atoms with E-state index >= 15 is 0 Å². The van der Waals surface area contributed by atoms with E-state index in [0.717, 1.165) is 6.07 Å². The van der Waals surface area contributed by atoms with Crippen molar-refractivity contribution in [1.29, 1.82) is 0 Å². The lowest BCUT2D eigenvalue weighted by molar-refractivity contribution is 0.425. The standard InChI is InChI=1S/C7H8BFO4S/c1-5-2-3-6(8(10)11)4-7(5)14(9,12)13/h2-4,10-11H,1H3. The predicted octanol–water partition coefficient (Wildman–Crippen LogP) is -0.667. The fourth-order valence-electron chi connectivity index (χ4n) is 1.04. The zero-order valence-electron chi connectivity index (χ0n) is 7.31. The maximum Gasteiger partial charge on any atom is 0.488 e. The summed E-state index contributed by atoms with van der Waals surface area (Å²) in [7, 11) is -6.62. The van der Waals surface area contributed by atoms with Gasteiger partial charge in [0.15, 0.2) is 0 Å². The van der Waals surface area contributed by atoms with Gasteiger partial charge in [-0.3, -0.25) is 0 Å². The molecule has 1 aromatic rings. The molecular formula is C7H8BFO4S. The number of hydrogen-bond acceptors (Lipinski definition) is 4. The summed E-state index contributed by atoms with van der Waals surface area (Å²) in [5.41, 5.74) is 0.156. The van der Waals surface area contributed by atoms with E-state index in [1.54, 1.807) is 0 Å². The summed E-state index contributed by atoms with van der Waals surface area (Å²) < 4.78 is 33.8. The lowest BCUT2D eigenvalue weighted by Gasteiger charge is -2.04. The highest BCUT2D eigenvalue weighted by atomic mass is 32.3. The Balaban J connectivity index is 3.37. The molecule has 0 heterocycles. The first kappa shape index (κ1) is 11.2.